The molecule has 25 heavy (non-hydrogen) atoms. The summed E-state index contributed by atoms with van der Waals surface area (Å²) in [4.78, 5) is 16.0. The lowest BCUT2D eigenvalue weighted by molar-refractivity contribution is 0.597. The molecule has 0 aliphatic rings. The van der Waals surface area contributed by atoms with Crippen LogP contribution in [0.15, 0.2) is 65.8 Å². The van der Waals surface area contributed by atoms with E-state index in [1.165, 1.54) is 23.9 Å². The Morgan fingerprint density at radius 1 is 1.16 bits per heavy atom. The number of halogens is 1. The van der Waals surface area contributed by atoms with Gasteiger partial charge in [-0.05, 0) is 36.4 Å². The number of pyridine rings is 2. The second-order valence-electron chi connectivity index (χ2n) is 5.61. The fraction of sp³-hybridized carbons (Fsp3) is 0.0556. The standard InChI is InChI=1S/C18H14FN5O/c1-23-16-10-17(20-11-12(16)9-15(19)18(23)25)22-13-3-5-14(6-4-13)24-8-2-7-21-24/h2-11H,1H3,(H,20,22). The van der Waals surface area contributed by atoms with Gasteiger partial charge in [0.15, 0.2) is 5.82 Å². The van der Waals surface area contributed by atoms with Crippen molar-refractivity contribution in [2.75, 3.05) is 5.32 Å². The maximum atomic E-state index is 13.5. The molecule has 1 N–H and O–H groups in total. The molecule has 3 heterocycles. The summed E-state index contributed by atoms with van der Waals surface area (Å²) in [6, 6.07) is 12.5. The van der Waals surface area contributed by atoms with Gasteiger partial charge in [-0.15, -0.1) is 0 Å². The molecule has 124 valence electrons. The van der Waals surface area contributed by atoms with E-state index in [1.807, 2.05) is 36.5 Å². The summed E-state index contributed by atoms with van der Waals surface area (Å²) < 4.78 is 16.6. The Morgan fingerprint density at radius 3 is 2.68 bits per heavy atom. The van der Waals surface area contributed by atoms with Crippen molar-refractivity contribution < 1.29 is 4.39 Å². The molecule has 0 saturated carbocycles. The third-order valence-corrected chi connectivity index (χ3v) is 3.97. The van der Waals surface area contributed by atoms with E-state index < -0.39 is 11.4 Å². The summed E-state index contributed by atoms with van der Waals surface area (Å²) >= 11 is 0. The SMILES string of the molecule is Cn1c(=O)c(F)cc2cnc(Nc3ccc(-n4cccn4)cc3)cc21. The highest BCUT2D eigenvalue weighted by atomic mass is 19.1. The Bertz CT molecular complexity index is 1100. The fourth-order valence-corrected chi connectivity index (χ4v) is 2.66. The first-order valence-corrected chi connectivity index (χ1v) is 7.64. The molecule has 0 bridgehead atoms. The van der Waals surface area contributed by atoms with E-state index in [1.54, 1.807) is 16.9 Å². The van der Waals surface area contributed by atoms with Crippen LogP contribution in [0, 0.1) is 5.82 Å². The maximum Gasteiger partial charge on any atom is 0.286 e. The Hall–Kier alpha value is -3.48. The predicted octanol–water partition coefficient (Wildman–Crippen LogP) is 3.00. The second-order valence-corrected chi connectivity index (χ2v) is 5.61. The lowest BCUT2D eigenvalue weighted by Gasteiger charge is -2.10. The summed E-state index contributed by atoms with van der Waals surface area (Å²) in [6.07, 6.45) is 5.13. The molecule has 0 atom stereocenters. The molecule has 4 rings (SSSR count). The van der Waals surface area contributed by atoms with Gasteiger partial charge in [0.25, 0.3) is 5.56 Å². The highest BCUT2D eigenvalue weighted by molar-refractivity contribution is 5.81. The molecule has 0 saturated heterocycles. The number of hydrogen-bond donors (Lipinski definition) is 1. The van der Waals surface area contributed by atoms with Gasteiger partial charge in [-0.25, -0.2) is 14.1 Å². The maximum absolute atomic E-state index is 13.5. The number of rotatable bonds is 3. The van der Waals surface area contributed by atoms with E-state index in [2.05, 4.69) is 15.4 Å². The number of aromatic nitrogens is 4. The van der Waals surface area contributed by atoms with Gasteiger partial charge in [0, 0.05) is 42.8 Å². The van der Waals surface area contributed by atoms with Crippen molar-refractivity contribution in [3.63, 3.8) is 0 Å². The van der Waals surface area contributed by atoms with Gasteiger partial charge in [-0.1, -0.05) is 0 Å². The molecule has 4 aromatic rings. The summed E-state index contributed by atoms with van der Waals surface area (Å²) in [6.45, 7) is 0. The average Bonchev–Trinajstić information content (AvgIpc) is 3.16. The summed E-state index contributed by atoms with van der Waals surface area (Å²) in [5, 5.41) is 7.93. The zero-order valence-electron chi connectivity index (χ0n) is 13.3. The monoisotopic (exact) mass is 335 g/mol. The number of nitrogens with one attached hydrogen (secondary N) is 1. The molecule has 0 unspecified atom stereocenters. The molecule has 0 aliphatic carbocycles. The minimum atomic E-state index is -0.785. The largest absolute Gasteiger partial charge is 0.340 e. The third kappa shape index (κ3) is 2.76. The van der Waals surface area contributed by atoms with Crippen molar-refractivity contribution in [3.05, 3.63) is 77.2 Å². The molecule has 0 aliphatic heterocycles. The van der Waals surface area contributed by atoms with Crippen molar-refractivity contribution in [2.24, 2.45) is 7.05 Å². The average molecular weight is 335 g/mol. The van der Waals surface area contributed by atoms with Crippen LogP contribution in [-0.2, 0) is 7.05 Å². The minimum Gasteiger partial charge on any atom is -0.340 e. The molecular weight excluding hydrogens is 321 g/mol. The Balaban J connectivity index is 1.65. The number of fused-ring (bicyclic) bond motifs is 1. The zero-order chi connectivity index (χ0) is 17.4. The first-order chi connectivity index (χ1) is 12.1. The quantitative estimate of drug-likeness (QED) is 0.625. The van der Waals surface area contributed by atoms with Crippen LogP contribution in [0.5, 0.6) is 0 Å². The van der Waals surface area contributed by atoms with Crippen molar-refractivity contribution >= 4 is 22.4 Å². The van der Waals surface area contributed by atoms with Crippen molar-refractivity contribution in [3.8, 4) is 5.69 Å². The second kappa shape index (κ2) is 5.86. The first-order valence-electron chi connectivity index (χ1n) is 7.64. The highest BCUT2D eigenvalue weighted by Gasteiger charge is 2.08. The Morgan fingerprint density at radius 2 is 1.96 bits per heavy atom. The van der Waals surface area contributed by atoms with E-state index >= 15 is 0 Å². The van der Waals surface area contributed by atoms with Crippen LogP contribution in [0.25, 0.3) is 16.6 Å². The van der Waals surface area contributed by atoms with Crippen LogP contribution < -0.4 is 10.9 Å². The number of hydrogen-bond acceptors (Lipinski definition) is 4. The Labute approximate surface area is 142 Å². The van der Waals surface area contributed by atoms with Gasteiger partial charge >= 0.3 is 0 Å². The van der Waals surface area contributed by atoms with Gasteiger partial charge in [-0.2, -0.15) is 5.10 Å². The van der Waals surface area contributed by atoms with Gasteiger partial charge in [0.2, 0.25) is 0 Å². The molecule has 0 spiro atoms. The fourth-order valence-electron chi connectivity index (χ4n) is 2.66. The minimum absolute atomic E-state index is 0.569. The van der Waals surface area contributed by atoms with Crippen molar-refractivity contribution in [1.29, 1.82) is 0 Å². The Kier molecular flexibility index (Phi) is 3.53. The summed E-state index contributed by atoms with van der Waals surface area (Å²) in [5.41, 5.74) is 1.74. The van der Waals surface area contributed by atoms with E-state index in [0.29, 0.717) is 16.7 Å². The lowest BCUT2D eigenvalue weighted by atomic mass is 10.2. The third-order valence-electron chi connectivity index (χ3n) is 3.97. The van der Waals surface area contributed by atoms with E-state index in [4.69, 9.17) is 0 Å². The molecule has 3 aromatic heterocycles. The summed E-state index contributed by atoms with van der Waals surface area (Å²) in [7, 11) is 1.54. The number of benzene rings is 1. The van der Waals surface area contributed by atoms with E-state index in [-0.39, 0.29) is 0 Å². The van der Waals surface area contributed by atoms with E-state index in [0.717, 1.165) is 11.4 Å². The highest BCUT2D eigenvalue weighted by Crippen LogP contribution is 2.20. The molecule has 0 amide bonds. The zero-order valence-corrected chi connectivity index (χ0v) is 13.3. The molecule has 0 radical (unpaired) electrons. The van der Waals surface area contributed by atoms with Crippen LogP contribution in [0.1, 0.15) is 0 Å². The van der Waals surface area contributed by atoms with Crippen molar-refractivity contribution in [1.82, 2.24) is 19.3 Å². The van der Waals surface area contributed by atoms with E-state index in [9.17, 15) is 9.18 Å². The molecule has 7 heteroatoms. The number of nitrogens with zero attached hydrogens (tertiary/aromatic N) is 4. The van der Waals surface area contributed by atoms with Crippen LogP contribution in [0.2, 0.25) is 0 Å². The topological polar surface area (TPSA) is 64.7 Å². The van der Waals surface area contributed by atoms with Gasteiger partial charge in [-0.3, -0.25) is 4.79 Å². The lowest BCUT2D eigenvalue weighted by Crippen LogP contribution is -2.20. The van der Waals surface area contributed by atoms with Crippen LogP contribution in [0.3, 0.4) is 0 Å². The summed E-state index contributed by atoms with van der Waals surface area (Å²) in [5.74, 6) is -0.215. The smallest absolute Gasteiger partial charge is 0.286 e. The predicted molar refractivity (Wildman–Crippen MR) is 93.8 cm³/mol. The molecule has 6 nitrogen and oxygen atoms in total. The first kappa shape index (κ1) is 15.1. The molecule has 0 fully saturated rings. The van der Waals surface area contributed by atoms with Gasteiger partial charge in [0.05, 0.1) is 11.2 Å². The van der Waals surface area contributed by atoms with Crippen LogP contribution >= 0.6 is 0 Å². The number of aryl methyl sites for hydroxylation is 1. The normalized spacial score (nSPS) is 11.0. The number of anilines is 2. The van der Waals surface area contributed by atoms with Crippen molar-refractivity contribution in [2.45, 2.75) is 0 Å². The van der Waals surface area contributed by atoms with Crippen LogP contribution in [-0.4, -0.2) is 19.3 Å². The molecular formula is C18H14FN5O. The van der Waals surface area contributed by atoms with Gasteiger partial charge < -0.3 is 9.88 Å². The molecule has 1 aromatic carbocycles. The van der Waals surface area contributed by atoms with Crippen LogP contribution in [0.4, 0.5) is 15.9 Å². The van der Waals surface area contributed by atoms with Gasteiger partial charge in [0.1, 0.15) is 5.82 Å².